The Kier molecular flexibility index (Phi) is 8.84. The van der Waals surface area contributed by atoms with Crippen LogP contribution in [-0.2, 0) is 11.3 Å². The Labute approximate surface area is 276 Å². The third-order valence-corrected chi connectivity index (χ3v) is 9.04. The molecule has 0 unspecified atom stereocenters. The maximum atomic E-state index is 15.7. The summed E-state index contributed by atoms with van der Waals surface area (Å²) in [6.07, 6.45) is 5.52. The highest BCUT2D eigenvalue weighted by Gasteiger charge is 2.54. The molecule has 2 aliphatic heterocycles. The van der Waals surface area contributed by atoms with Gasteiger partial charge >= 0.3 is 12.7 Å². The molecule has 1 aromatic carbocycles. The SMILES string of the molecule is CCCn1c(=O)[nH]c2nc(-c3ccc(OCC(=O)NCCCCCC4=C5C(C)=CC(C)=[N+]5[B-](F)(F)n5c(C)cc(C)c54)cc3)[nH]c2c1=O. The minimum Gasteiger partial charge on any atom is -0.484 e. The predicted molar refractivity (Wildman–Crippen MR) is 183 cm³/mol. The molecule has 11 nitrogen and oxygen atoms in total. The average Bonchev–Trinajstić information content (AvgIpc) is 3.70. The van der Waals surface area contributed by atoms with E-state index in [4.69, 9.17) is 4.74 Å². The van der Waals surface area contributed by atoms with Crippen LogP contribution in [0.4, 0.5) is 8.63 Å². The number of unbranched alkanes of at least 4 members (excludes halogenated alkanes) is 2. The van der Waals surface area contributed by atoms with Crippen LogP contribution in [0.3, 0.4) is 0 Å². The van der Waals surface area contributed by atoms with Gasteiger partial charge in [0.15, 0.2) is 18.0 Å². The number of aromatic amines is 2. The number of H-pyrrole nitrogens is 2. The molecule has 5 heterocycles. The Morgan fingerprint density at radius 2 is 1.81 bits per heavy atom. The summed E-state index contributed by atoms with van der Waals surface area (Å²) in [5.74, 6) is 0.670. The van der Waals surface area contributed by atoms with Crippen LogP contribution in [0.2, 0.25) is 0 Å². The first-order valence-electron chi connectivity index (χ1n) is 16.4. The summed E-state index contributed by atoms with van der Waals surface area (Å²) in [5.41, 5.74) is 5.26. The van der Waals surface area contributed by atoms with E-state index in [1.54, 1.807) is 38.1 Å². The van der Waals surface area contributed by atoms with Crippen LogP contribution in [0.15, 0.2) is 57.3 Å². The number of nitrogens with zero attached hydrogens (tertiary/aromatic N) is 4. The summed E-state index contributed by atoms with van der Waals surface area (Å²) >= 11 is 0. The third kappa shape index (κ3) is 5.84. The van der Waals surface area contributed by atoms with E-state index in [0.29, 0.717) is 65.9 Å². The van der Waals surface area contributed by atoms with Crippen molar-refractivity contribution in [2.75, 3.05) is 13.2 Å². The smallest absolute Gasteiger partial charge is 0.484 e. The summed E-state index contributed by atoms with van der Waals surface area (Å²) in [4.78, 5) is 47.4. The van der Waals surface area contributed by atoms with E-state index < -0.39 is 18.2 Å². The molecule has 48 heavy (non-hydrogen) atoms. The zero-order valence-corrected chi connectivity index (χ0v) is 27.9. The number of carbonyl (C=O) groups excluding carboxylic acids is 1. The van der Waals surface area contributed by atoms with Crippen molar-refractivity contribution in [3.05, 3.63) is 85.5 Å². The molecule has 0 aliphatic carbocycles. The van der Waals surface area contributed by atoms with E-state index in [9.17, 15) is 14.4 Å². The Bertz CT molecular complexity index is 2130. The van der Waals surface area contributed by atoms with Gasteiger partial charge in [-0.05, 0) is 88.0 Å². The number of hydrogen-bond acceptors (Lipinski definition) is 5. The quantitative estimate of drug-likeness (QED) is 0.145. The van der Waals surface area contributed by atoms with Crippen LogP contribution < -0.4 is 21.3 Å². The van der Waals surface area contributed by atoms with E-state index in [1.807, 2.05) is 32.9 Å². The van der Waals surface area contributed by atoms with Crippen molar-refractivity contribution in [2.45, 2.75) is 73.3 Å². The number of halogens is 2. The number of rotatable bonds is 12. The molecule has 0 fully saturated rings. The Hall–Kier alpha value is -5.01. The second-order valence-corrected chi connectivity index (χ2v) is 12.6. The number of carbonyl (C=O) groups is 1. The van der Waals surface area contributed by atoms with Crippen molar-refractivity contribution < 1.29 is 22.6 Å². The minimum absolute atomic E-state index is 0.151. The van der Waals surface area contributed by atoms with E-state index in [1.165, 1.54) is 8.96 Å². The number of imidazole rings is 1. The molecule has 14 heteroatoms. The van der Waals surface area contributed by atoms with Crippen LogP contribution in [0.25, 0.3) is 28.1 Å². The number of aryl methyl sites for hydroxylation is 2. The first-order chi connectivity index (χ1) is 22.9. The molecule has 0 radical (unpaired) electrons. The number of amides is 1. The van der Waals surface area contributed by atoms with E-state index in [2.05, 4.69) is 20.3 Å². The second-order valence-electron chi connectivity index (χ2n) is 12.6. The van der Waals surface area contributed by atoms with Crippen molar-refractivity contribution in [1.82, 2.24) is 29.3 Å². The molecule has 0 spiro atoms. The Morgan fingerprint density at radius 1 is 1.06 bits per heavy atom. The largest absolute Gasteiger partial charge is 0.737 e. The van der Waals surface area contributed by atoms with Crippen LogP contribution in [0.1, 0.15) is 69.8 Å². The highest BCUT2D eigenvalue weighted by Crippen LogP contribution is 2.43. The fraction of sp³-hybridized carbons (Fsp3) is 0.382. The van der Waals surface area contributed by atoms with E-state index >= 15 is 8.63 Å². The normalized spacial score (nSPS) is 15.2. The summed E-state index contributed by atoms with van der Waals surface area (Å²) in [6.45, 7) is 5.84. The number of aromatic nitrogens is 5. The molecule has 3 aromatic heterocycles. The standard InChI is InChI=1S/C34H40BF2N7O4/c1-6-16-42-33(46)28-32(41-34(42)47)40-31(39-28)24-11-13-25(14-12-24)48-19-27(45)38-15-9-7-8-10-26-29-20(2)17-22(4)43(29)35(36,37)44-23(5)18-21(3)30(26)44/h11-14,17-18H,6-10,15-16,19H2,1-5H3,(H,38,45)(H,39,40)(H,41,47). The number of ether oxygens (including phenoxy) is 1. The summed E-state index contributed by atoms with van der Waals surface area (Å²) in [7, 11) is 0. The van der Waals surface area contributed by atoms with Crippen molar-refractivity contribution in [2.24, 2.45) is 0 Å². The van der Waals surface area contributed by atoms with Crippen LogP contribution in [-0.4, -0.2) is 60.2 Å². The van der Waals surface area contributed by atoms with Gasteiger partial charge in [0.2, 0.25) is 0 Å². The highest BCUT2D eigenvalue weighted by atomic mass is 19.2. The van der Waals surface area contributed by atoms with Gasteiger partial charge in [-0.25, -0.2) is 9.78 Å². The lowest BCUT2D eigenvalue weighted by Gasteiger charge is -2.34. The van der Waals surface area contributed by atoms with Crippen molar-refractivity contribution in [3.63, 3.8) is 0 Å². The fourth-order valence-corrected chi connectivity index (χ4v) is 6.99. The second kappa shape index (κ2) is 12.9. The topological polar surface area (TPSA) is 130 Å². The van der Waals surface area contributed by atoms with Gasteiger partial charge in [0, 0.05) is 48.5 Å². The molecular weight excluding hydrogens is 619 g/mol. The molecule has 0 saturated heterocycles. The van der Waals surface area contributed by atoms with Crippen LogP contribution >= 0.6 is 0 Å². The van der Waals surface area contributed by atoms with E-state index in [0.717, 1.165) is 40.5 Å². The third-order valence-electron chi connectivity index (χ3n) is 9.04. The van der Waals surface area contributed by atoms with Crippen molar-refractivity contribution >= 4 is 35.3 Å². The maximum absolute atomic E-state index is 15.7. The zero-order chi connectivity index (χ0) is 34.3. The first-order valence-corrected chi connectivity index (χ1v) is 16.4. The van der Waals surface area contributed by atoms with Crippen molar-refractivity contribution in [1.29, 1.82) is 0 Å². The summed E-state index contributed by atoms with van der Waals surface area (Å²) < 4.78 is 40.7. The molecular formula is C34H40BF2N7O4. The highest BCUT2D eigenvalue weighted by molar-refractivity contribution is 6.58. The molecule has 0 bridgehead atoms. The van der Waals surface area contributed by atoms with Crippen LogP contribution in [0.5, 0.6) is 5.75 Å². The number of nitrogens with one attached hydrogen (secondary N) is 3. The van der Waals surface area contributed by atoms with Gasteiger partial charge in [0.05, 0.1) is 0 Å². The number of fused-ring (bicyclic) bond motifs is 3. The van der Waals surface area contributed by atoms with Gasteiger partial charge in [0.1, 0.15) is 22.8 Å². The average molecular weight is 660 g/mol. The lowest BCUT2D eigenvalue weighted by Crippen LogP contribution is -2.51. The van der Waals surface area contributed by atoms with E-state index in [-0.39, 0.29) is 23.7 Å². The van der Waals surface area contributed by atoms with Gasteiger partial charge in [-0.2, -0.15) is 0 Å². The molecule has 4 aromatic rings. The number of allylic oxidation sites excluding steroid dienone is 3. The van der Waals surface area contributed by atoms with Gasteiger partial charge in [-0.3, -0.25) is 19.1 Å². The molecule has 0 saturated carbocycles. The molecule has 252 valence electrons. The fourth-order valence-electron chi connectivity index (χ4n) is 6.99. The van der Waals surface area contributed by atoms with Gasteiger partial charge in [0.25, 0.3) is 11.5 Å². The molecule has 3 N–H and O–H groups in total. The lowest BCUT2D eigenvalue weighted by molar-refractivity contribution is -0.363. The minimum atomic E-state index is -3.96. The number of hydrogen-bond donors (Lipinski definition) is 3. The van der Waals surface area contributed by atoms with Gasteiger partial charge < -0.3 is 32.6 Å². The van der Waals surface area contributed by atoms with Gasteiger partial charge in [-0.15, -0.1) is 0 Å². The van der Waals surface area contributed by atoms with Crippen molar-refractivity contribution in [3.8, 4) is 17.1 Å². The summed E-state index contributed by atoms with van der Waals surface area (Å²) in [6, 6.07) is 8.74. The molecule has 0 atom stereocenters. The Morgan fingerprint density at radius 3 is 2.54 bits per heavy atom. The molecule has 2 aliphatic rings. The summed E-state index contributed by atoms with van der Waals surface area (Å²) in [5, 5.41) is 2.88. The Balaban J connectivity index is 0.991. The zero-order valence-electron chi connectivity index (χ0n) is 27.9. The number of benzene rings is 1. The lowest BCUT2D eigenvalue weighted by atomic mass is 9.84. The monoisotopic (exact) mass is 659 g/mol. The van der Waals surface area contributed by atoms with Crippen LogP contribution in [0, 0.1) is 13.8 Å². The predicted octanol–water partition coefficient (Wildman–Crippen LogP) is 5.04. The van der Waals surface area contributed by atoms with Gasteiger partial charge in [-0.1, -0.05) is 13.3 Å². The molecule has 6 rings (SSSR count). The first kappa shape index (κ1) is 32.9. The maximum Gasteiger partial charge on any atom is 0.737 e. The molecule has 1 amide bonds.